The Morgan fingerprint density at radius 2 is 1.91 bits per heavy atom. The van der Waals surface area contributed by atoms with Crippen molar-refractivity contribution in [2.45, 2.75) is 26.2 Å². The number of carbonyl (C=O) groups is 1. The molecule has 0 aromatic heterocycles. The molecule has 1 fully saturated rings. The van der Waals surface area contributed by atoms with E-state index in [4.69, 9.17) is 27.9 Å². The van der Waals surface area contributed by atoms with Crippen molar-refractivity contribution < 1.29 is 9.53 Å². The molecule has 23 heavy (non-hydrogen) atoms. The average Bonchev–Trinajstić information content (AvgIpc) is 2.55. The molecule has 128 valence electrons. The lowest BCUT2D eigenvalue weighted by Gasteiger charge is -2.34. The number of halogens is 2. The highest BCUT2D eigenvalue weighted by molar-refractivity contribution is 6.35. The smallest absolute Gasteiger partial charge is 0.260 e. The topological polar surface area (TPSA) is 32.8 Å². The number of unbranched alkanes of at least 4 members (excludes halogenated alkanes) is 2. The third-order valence-electron chi connectivity index (χ3n) is 4.05. The van der Waals surface area contributed by atoms with Gasteiger partial charge in [-0.2, -0.15) is 0 Å². The maximum absolute atomic E-state index is 12.2. The van der Waals surface area contributed by atoms with Crippen LogP contribution in [0.4, 0.5) is 0 Å². The highest BCUT2D eigenvalue weighted by Gasteiger charge is 2.21. The third-order valence-corrected chi connectivity index (χ3v) is 4.58. The minimum Gasteiger partial charge on any atom is -0.482 e. The Kier molecular flexibility index (Phi) is 7.47. The Hall–Kier alpha value is -0.970. The Morgan fingerprint density at radius 3 is 2.57 bits per heavy atom. The van der Waals surface area contributed by atoms with Crippen LogP contribution in [-0.2, 0) is 4.79 Å². The zero-order valence-corrected chi connectivity index (χ0v) is 15.1. The van der Waals surface area contributed by atoms with Crippen molar-refractivity contribution in [3.63, 3.8) is 0 Å². The summed E-state index contributed by atoms with van der Waals surface area (Å²) in [4.78, 5) is 16.5. The van der Waals surface area contributed by atoms with E-state index in [1.165, 1.54) is 19.3 Å². The number of benzene rings is 1. The third kappa shape index (κ3) is 5.87. The first-order chi connectivity index (χ1) is 11.1. The molecule has 0 radical (unpaired) electrons. The second-order valence-corrected chi connectivity index (χ2v) is 6.64. The van der Waals surface area contributed by atoms with E-state index in [9.17, 15) is 4.79 Å². The van der Waals surface area contributed by atoms with Crippen molar-refractivity contribution in [2.24, 2.45) is 0 Å². The van der Waals surface area contributed by atoms with Crippen LogP contribution in [0.1, 0.15) is 26.2 Å². The Labute approximate surface area is 148 Å². The lowest BCUT2D eigenvalue weighted by molar-refractivity contribution is -0.135. The van der Waals surface area contributed by atoms with Crippen LogP contribution < -0.4 is 4.74 Å². The highest BCUT2D eigenvalue weighted by Crippen LogP contribution is 2.27. The van der Waals surface area contributed by atoms with Crippen LogP contribution >= 0.6 is 23.2 Å². The summed E-state index contributed by atoms with van der Waals surface area (Å²) < 4.78 is 5.52. The minimum atomic E-state index is 0.00391. The lowest BCUT2D eigenvalue weighted by Crippen LogP contribution is -2.50. The molecule has 1 aliphatic rings. The fourth-order valence-electron chi connectivity index (χ4n) is 2.63. The van der Waals surface area contributed by atoms with Gasteiger partial charge in [0.1, 0.15) is 5.75 Å². The fraction of sp³-hybridized carbons (Fsp3) is 0.588. The molecule has 1 aromatic rings. The zero-order valence-electron chi connectivity index (χ0n) is 13.6. The molecular formula is C17H24Cl2N2O2. The van der Waals surface area contributed by atoms with Gasteiger partial charge in [0.25, 0.3) is 5.91 Å². The minimum absolute atomic E-state index is 0.00391. The van der Waals surface area contributed by atoms with E-state index in [1.807, 2.05) is 4.90 Å². The molecule has 2 rings (SSSR count). The molecule has 0 N–H and O–H groups in total. The number of carbonyl (C=O) groups excluding carboxylic acids is 1. The molecule has 0 atom stereocenters. The second-order valence-electron chi connectivity index (χ2n) is 5.79. The van der Waals surface area contributed by atoms with Crippen LogP contribution in [0, 0.1) is 0 Å². The van der Waals surface area contributed by atoms with Gasteiger partial charge in [-0.1, -0.05) is 43.0 Å². The van der Waals surface area contributed by atoms with Gasteiger partial charge in [-0.05, 0) is 31.2 Å². The van der Waals surface area contributed by atoms with Crippen LogP contribution in [-0.4, -0.2) is 55.0 Å². The Balaban J connectivity index is 1.72. The number of hydrogen-bond acceptors (Lipinski definition) is 3. The first kappa shape index (κ1) is 18.4. The summed E-state index contributed by atoms with van der Waals surface area (Å²) in [7, 11) is 0. The summed E-state index contributed by atoms with van der Waals surface area (Å²) in [5.74, 6) is 0.492. The average molecular weight is 359 g/mol. The van der Waals surface area contributed by atoms with Gasteiger partial charge in [-0.3, -0.25) is 9.69 Å². The summed E-state index contributed by atoms with van der Waals surface area (Å²) in [6.07, 6.45) is 3.75. The van der Waals surface area contributed by atoms with Gasteiger partial charge in [-0.15, -0.1) is 0 Å². The molecule has 1 saturated heterocycles. The van der Waals surface area contributed by atoms with Crippen molar-refractivity contribution in [3.8, 4) is 5.75 Å². The first-order valence-corrected chi connectivity index (χ1v) is 8.93. The maximum Gasteiger partial charge on any atom is 0.260 e. The summed E-state index contributed by atoms with van der Waals surface area (Å²) in [5, 5.41) is 0.971. The van der Waals surface area contributed by atoms with Crippen LogP contribution in [0.3, 0.4) is 0 Å². The number of ether oxygens (including phenoxy) is 1. The van der Waals surface area contributed by atoms with E-state index >= 15 is 0 Å². The fourth-order valence-corrected chi connectivity index (χ4v) is 3.09. The van der Waals surface area contributed by atoms with E-state index in [-0.39, 0.29) is 12.5 Å². The number of rotatable bonds is 7. The number of hydrogen-bond donors (Lipinski definition) is 0. The maximum atomic E-state index is 12.2. The van der Waals surface area contributed by atoms with Crippen molar-refractivity contribution in [1.29, 1.82) is 0 Å². The van der Waals surface area contributed by atoms with Crippen molar-refractivity contribution >= 4 is 29.1 Å². The molecule has 1 amide bonds. The van der Waals surface area contributed by atoms with Gasteiger partial charge in [0, 0.05) is 31.2 Å². The Bertz CT molecular complexity index is 517. The molecule has 1 aliphatic heterocycles. The van der Waals surface area contributed by atoms with Crippen LogP contribution in [0.2, 0.25) is 10.0 Å². The van der Waals surface area contributed by atoms with Crippen LogP contribution in [0.15, 0.2) is 18.2 Å². The molecule has 1 aromatic carbocycles. The number of nitrogens with zero attached hydrogens (tertiary/aromatic N) is 2. The molecule has 4 nitrogen and oxygen atoms in total. The summed E-state index contributed by atoms with van der Waals surface area (Å²) in [5.41, 5.74) is 0. The predicted molar refractivity (Wildman–Crippen MR) is 94.5 cm³/mol. The predicted octanol–water partition coefficient (Wildman–Crippen LogP) is 3.71. The molecule has 0 aliphatic carbocycles. The molecule has 0 unspecified atom stereocenters. The van der Waals surface area contributed by atoms with Crippen LogP contribution in [0.5, 0.6) is 5.75 Å². The molecule has 1 heterocycles. The summed E-state index contributed by atoms with van der Waals surface area (Å²) >= 11 is 11.9. The van der Waals surface area contributed by atoms with Crippen molar-refractivity contribution in [1.82, 2.24) is 9.80 Å². The second kappa shape index (κ2) is 9.36. The van der Waals surface area contributed by atoms with E-state index in [1.54, 1.807) is 18.2 Å². The van der Waals surface area contributed by atoms with Gasteiger partial charge in [-0.25, -0.2) is 0 Å². The molecule has 0 spiro atoms. The highest BCUT2D eigenvalue weighted by atomic mass is 35.5. The van der Waals surface area contributed by atoms with E-state index in [0.717, 1.165) is 32.7 Å². The summed E-state index contributed by atoms with van der Waals surface area (Å²) in [6.45, 7) is 6.77. The number of amides is 1. The van der Waals surface area contributed by atoms with Gasteiger partial charge in [0.05, 0.1) is 5.02 Å². The monoisotopic (exact) mass is 358 g/mol. The quantitative estimate of drug-likeness (QED) is 0.696. The van der Waals surface area contributed by atoms with E-state index in [0.29, 0.717) is 15.8 Å². The molecular weight excluding hydrogens is 335 g/mol. The van der Waals surface area contributed by atoms with Crippen LogP contribution in [0.25, 0.3) is 0 Å². The van der Waals surface area contributed by atoms with Gasteiger partial charge >= 0.3 is 0 Å². The first-order valence-electron chi connectivity index (χ1n) is 8.18. The van der Waals surface area contributed by atoms with Gasteiger partial charge in [0.2, 0.25) is 0 Å². The van der Waals surface area contributed by atoms with Gasteiger partial charge in [0.15, 0.2) is 6.61 Å². The largest absolute Gasteiger partial charge is 0.482 e. The van der Waals surface area contributed by atoms with Gasteiger partial charge < -0.3 is 9.64 Å². The zero-order chi connectivity index (χ0) is 16.7. The summed E-state index contributed by atoms with van der Waals surface area (Å²) in [6, 6.07) is 4.99. The van der Waals surface area contributed by atoms with E-state index < -0.39 is 0 Å². The number of piperazine rings is 1. The van der Waals surface area contributed by atoms with E-state index in [2.05, 4.69) is 11.8 Å². The molecule has 0 bridgehead atoms. The lowest BCUT2D eigenvalue weighted by atomic mass is 10.2. The van der Waals surface area contributed by atoms with Crippen molar-refractivity contribution in [2.75, 3.05) is 39.3 Å². The SMILES string of the molecule is CCCCCN1CCN(C(=O)COc2ccc(Cl)cc2Cl)CC1. The Morgan fingerprint density at radius 1 is 1.17 bits per heavy atom. The molecule has 0 saturated carbocycles. The normalized spacial score (nSPS) is 15.7. The van der Waals surface area contributed by atoms with Crippen molar-refractivity contribution in [3.05, 3.63) is 28.2 Å². The molecule has 6 heteroatoms. The standard InChI is InChI=1S/C17H24Cl2N2O2/c1-2-3-4-7-20-8-10-21(11-9-20)17(22)13-23-16-6-5-14(18)12-15(16)19/h5-6,12H,2-4,7-11,13H2,1H3.